The highest BCUT2D eigenvalue weighted by atomic mass is 32.2. The van der Waals surface area contributed by atoms with Crippen LogP contribution in [-0.2, 0) is 9.53 Å². The van der Waals surface area contributed by atoms with E-state index >= 15 is 0 Å². The molecule has 1 atom stereocenters. The zero-order valence-corrected chi connectivity index (χ0v) is 8.26. The normalized spacial score (nSPS) is 21.3. The molecule has 4 nitrogen and oxygen atoms in total. The average Bonchev–Trinajstić information content (AvgIpc) is 2.15. The Hall–Kier alpha value is -0.260. The lowest BCUT2D eigenvalue weighted by molar-refractivity contribution is -0.136. The van der Waals surface area contributed by atoms with Gasteiger partial charge in [0.15, 0.2) is 0 Å². The van der Waals surface area contributed by atoms with Crippen molar-refractivity contribution < 1.29 is 14.6 Å². The number of carboxylic acids is 1. The summed E-state index contributed by atoms with van der Waals surface area (Å²) in [4.78, 5) is 10.7. The summed E-state index contributed by atoms with van der Waals surface area (Å²) in [6, 6.07) is 0. The Balaban J connectivity index is 2.31. The van der Waals surface area contributed by atoms with Crippen molar-refractivity contribution in [1.82, 2.24) is 0 Å². The predicted octanol–water partition coefficient (Wildman–Crippen LogP) is 0.310. The molecule has 1 fully saturated rings. The van der Waals surface area contributed by atoms with Gasteiger partial charge in [-0.3, -0.25) is 4.79 Å². The van der Waals surface area contributed by atoms with E-state index in [1.807, 2.05) is 0 Å². The summed E-state index contributed by atoms with van der Waals surface area (Å²) in [6.45, 7) is 1.69. The molecule has 0 spiro atoms. The molecular formula is C8H15NO3S. The van der Waals surface area contributed by atoms with Crippen LogP contribution in [0.2, 0.25) is 0 Å². The predicted molar refractivity (Wildman–Crippen MR) is 51.9 cm³/mol. The maximum atomic E-state index is 10.7. The summed E-state index contributed by atoms with van der Waals surface area (Å²) >= 11 is 1.47. The summed E-state index contributed by atoms with van der Waals surface area (Å²) in [5.41, 5.74) is 5.36. The number of carbonyl (C=O) groups is 1. The van der Waals surface area contributed by atoms with Crippen LogP contribution in [0.25, 0.3) is 0 Å². The molecule has 0 amide bonds. The molecule has 13 heavy (non-hydrogen) atoms. The van der Waals surface area contributed by atoms with E-state index in [1.54, 1.807) is 0 Å². The quantitative estimate of drug-likeness (QED) is 0.691. The van der Waals surface area contributed by atoms with Crippen molar-refractivity contribution in [3.8, 4) is 0 Å². The Bertz CT molecular complexity index is 171. The smallest absolute Gasteiger partial charge is 0.317 e. The summed E-state index contributed by atoms with van der Waals surface area (Å²) in [7, 11) is 0. The first-order valence-electron chi connectivity index (χ1n) is 4.40. The van der Waals surface area contributed by atoms with Crippen LogP contribution in [0.3, 0.4) is 0 Å². The van der Waals surface area contributed by atoms with Crippen LogP contribution in [0.15, 0.2) is 0 Å². The minimum absolute atomic E-state index is 0.206. The Labute approximate surface area is 81.8 Å². The van der Waals surface area contributed by atoms with Crippen LogP contribution < -0.4 is 5.73 Å². The van der Waals surface area contributed by atoms with Crippen molar-refractivity contribution in [2.45, 2.75) is 23.3 Å². The second-order valence-corrected chi connectivity index (χ2v) is 4.52. The van der Waals surface area contributed by atoms with E-state index in [9.17, 15) is 4.79 Å². The van der Waals surface area contributed by atoms with E-state index in [0.29, 0.717) is 5.25 Å². The van der Waals surface area contributed by atoms with Gasteiger partial charge in [0.05, 0.1) is 0 Å². The van der Waals surface area contributed by atoms with Crippen LogP contribution >= 0.6 is 11.8 Å². The second-order valence-electron chi connectivity index (χ2n) is 3.01. The number of rotatable bonds is 4. The standard InChI is InChI=1S/C8H15NO3S/c9-5-7(8(10)11)13-6-1-3-12-4-2-6/h6-7H,1-5,9H2,(H,10,11). The molecule has 1 heterocycles. The molecule has 0 radical (unpaired) electrons. The van der Waals surface area contributed by atoms with Gasteiger partial charge in [0.2, 0.25) is 0 Å². The van der Waals surface area contributed by atoms with E-state index in [-0.39, 0.29) is 6.54 Å². The number of carboxylic acid groups (broad SMARTS) is 1. The van der Waals surface area contributed by atoms with Gasteiger partial charge in [0.25, 0.3) is 0 Å². The van der Waals surface area contributed by atoms with E-state index < -0.39 is 11.2 Å². The number of thioether (sulfide) groups is 1. The fourth-order valence-electron chi connectivity index (χ4n) is 1.26. The second kappa shape index (κ2) is 5.47. The monoisotopic (exact) mass is 205 g/mol. The SMILES string of the molecule is NCC(SC1CCOCC1)C(=O)O. The summed E-state index contributed by atoms with van der Waals surface area (Å²) in [6.07, 6.45) is 1.88. The Morgan fingerprint density at radius 3 is 2.69 bits per heavy atom. The van der Waals surface area contributed by atoms with E-state index in [1.165, 1.54) is 11.8 Å². The molecule has 1 unspecified atom stereocenters. The maximum Gasteiger partial charge on any atom is 0.317 e. The average molecular weight is 205 g/mol. The molecule has 1 aliphatic rings. The number of ether oxygens (including phenoxy) is 1. The molecule has 0 aromatic rings. The van der Waals surface area contributed by atoms with Gasteiger partial charge >= 0.3 is 5.97 Å². The molecular weight excluding hydrogens is 190 g/mol. The number of hydrogen-bond acceptors (Lipinski definition) is 4. The molecule has 5 heteroatoms. The van der Waals surface area contributed by atoms with Crippen molar-refractivity contribution in [3.63, 3.8) is 0 Å². The lowest BCUT2D eigenvalue weighted by atomic mass is 10.2. The topological polar surface area (TPSA) is 72.5 Å². The van der Waals surface area contributed by atoms with Gasteiger partial charge in [-0.05, 0) is 12.8 Å². The van der Waals surface area contributed by atoms with Gasteiger partial charge in [-0.25, -0.2) is 0 Å². The minimum Gasteiger partial charge on any atom is -0.480 e. The van der Waals surface area contributed by atoms with Crippen LogP contribution in [0.1, 0.15) is 12.8 Å². The molecule has 3 N–H and O–H groups in total. The van der Waals surface area contributed by atoms with Crippen molar-refractivity contribution >= 4 is 17.7 Å². The fourth-order valence-corrected chi connectivity index (χ4v) is 2.42. The van der Waals surface area contributed by atoms with Gasteiger partial charge in [0, 0.05) is 25.0 Å². The summed E-state index contributed by atoms with van der Waals surface area (Å²) in [5.74, 6) is -0.806. The summed E-state index contributed by atoms with van der Waals surface area (Å²) in [5, 5.41) is 8.72. The zero-order chi connectivity index (χ0) is 9.68. The van der Waals surface area contributed by atoms with E-state index in [4.69, 9.17) is 15.6 Å². The van der Waals surface area contributed by atoms with Crippen LogP contribution in [0.5, 0.6) is 0 Å². The Morgan fingerprint density at radius 1 is 1.62 bits per heavy atom. The molecule has 1 saturated heterocycles. The van der Waals surface area contributed by atoms with Gasteiger partial charge < -0.3 is 15.6 Å². The Morgan fingerprint density at radius 2 is 2.23 bits per heavy atom. The minimum atomic E-state index is -0.806. The lowest BCUT2D eigenvalue weighted by Gasteiger charge is -2.23. The van der Waals surface area contributed by atoms with Gasteiger partial charge in [-0.15, -0.1) is 11.8 Å². The van der Waals surface area contributed by atoms with Gasteiger partial charge in [-0.1, -0.05) is 0 Å². The first-order chi connectivity index (χ1) is 6.24. The molecule has 1 aliphatic heterocycles. The molecule has 76 valence electrons. The molecule has 0 saturated carbocycles. The first kappa shape index (κ1) is 10.8. The summed E-state index contributed by atoms with van der Waals surface area (Å²) < 4.78 is 5.18. The highest BCUT2D eigenvalue weighted by Crippen LogP contribution is 2.25. The molecule has 0 aromatic carbocycles. The number of nitrogens with two attached hydrogens (primary N) is 1. The molecule has 0 aliphatic carbocycles. The first-order valence-corrected chi connectivity index (χ1v) is 5.34. The van der Waals surface area contributed by atoms with E-state index in [0.717, 1.165) is 26.1 Å². The van der Waals surface area contributed by atoms with Crippen LogP contribution in [0, 0.1) is 0 Å². The van der Waals surface area contributed by atoms with Crippen molar-refractivity contribution in [2.75, 3.05) is 19.8 Å². The van der Waals surface area contributed by atoms with Gasteiger partial charge in [-0.2, -0.15) is 0 Å². The van der Waals surface area contributed by atoms with Crippen molar-refractivity contribution in [2.24, 2.45) is 5.73 Å². The van der Waals surface area contributed by atoms with Crippen LogP contribution in [-0.4, -0.2) is 41.3 Å². The molecule has 0 aromatic heterocycles. The highest BCUT2D eigenvalue weighted by Gasteiger charge is 2.23. The number of aliphatic carboxylic acids is 1. The third-order valence-corrected chi connectivity index (χ3v) is 3.59. The fraction of sp³-hybridized carbons (Fsp3) is 0.875. The largest absolute Gasteiger partial charge is 0.480 e. The van der Waals surface area contributed by atoms with Crippen molar-refractivity contribution in [1.29, 1.82) is 0 Å². The van der Waals surface area contributed by atoms with Gasteiger partial charge in [0.1, 0.15) is 5.25 Å². The van der Waals surface area contributed by atoms with E-state index in [2.05, 4.69) is 0 Å². The highest BCUT2D eigenvalue weighted by molar-refractivity contribution is 8.01. The third-order valence-electron chi connectivity index (χ3n) is 2.01. The van der Waals surface area contributed by atoms with Crippen molar-refractivity contribution in [3.05, 3.63) is 0 Å². The zero-order valence-electron chi connectivity index (χ0n) is 7.44. The Kier molecular flexibility index (Phi) is 4.55. The molecule has 0 bridgehead atoms. The lowest BCUT2D eigenvalue weighted by Crippen LogP contribution is -2.30. The molecule has 1 rings (SSSR count). The number of hydrogen-bond donors (Lipinski definition) is 2. The van der Waals surface area contributed by atoms with Crippen LogP contribution in [0.4, 0.5) is 0 Å². The third kappa shape index (κ3) is 3.54. The maximum absolute atomic E-state index is 10.7.